The number of nitrogens with zero attached hydrogens (tertiary/aromatic N) is 4. The van der Waals surface area contributed by atoms with Crippen molar-refractivity contribution in [3.63, 3.8) is 0 Å². The maximum atomic E-state index is 13.3. The van der Waals surface area contributed by atoms with Crippen LogP contribution >= 0.6 is 0 Å². The van der Waals surface area contributed by atoms with E-state index in [4.69, 9.17) is 0 Å². The summed E-state index contributed by atoms with van der Waals surface area (Å²) in [6.07, 6.45) is 3.41. The molecule has 0 radical (unpaired) electrons. The standard InChI is InChI=1S/C24H27N5O2/c1-16(2)27-20-13-17(9-12-26-20)14-28-22(31)29(21(30)23(28,3)4)19-7-5-18(6-8-19)24(15-25)10-11-24/h5-9,12-13,16H,10-11,14H2,1-4H3,(H,26,27). The number of carbonyl (C=O) groups is 2. The van der Waals surface area contributed by atoms with Crippen molar-refractivity contribution in [2.45, 2.75) is 64.1 Å². The van der Waals surface area contributed by atoms with E-state index >= 15 is 0 Å². The van der Waals surface area contributed by atoms with Gasteiger partial charge in [0.25, 0.3) is 5.91 Å². The molecule has 2 fully saturated rings. The van der Waals surface area contributed by atoms with Crippen molar-refractivity contribution >= 4 is 23.4 Å². The van der Waals surface area contributed by atoms with Crippen molar-refractivity contribution in [3.05, 3.63) is 53.7 Å². The van der Waals surface area contributed by atoms with Gasteiger partial charge in [0.05, 0.1) is 17.2 Å². The van der Waals surface area contributed by atoms with Crippen LogP contribution in [0.25, 0.3) is 0 Å². The minimum atomic E-state index is -0.977. The van der Waals surface area contributed by atoms with Gasteiger partial charge in [0.1, 0.15) is 11.4 Å². The fraction of sp³-hybridized carbons (Fsp3) is 0.417. The second-order valence-electron chi connectivity index (χ2n) is 9.16. The van der Waals surface area contributed by atoms with Crippen molar-refractivity contribution in [2.24, 2.45) is 0 Å². The smallest absolute Gasteiger partial charge is 0.332 e. The third kappa shape index (κ3) is 3.63. The Labute approximate surface area is 182 Å². The van der Waals surface area contributed by atoms with Gasteiger partial charge < -0.3 is 10.2 Å². The summed E-state index contributed by atoms with van der Waals surface area (Å²) >= 11 is 0. The van der Waals surface area contributed by atoms with Gasteiger partial charge >= 0.3 is 6.03 Å². The van der Waals surface area contributed by atoms with Crippen LogP contribution in [0.1, 0.15) is 51.7 Å². The van der Waals surface area contributed by atoms with Crippen molar-refractivity contribution in [1.29, 1.82) is 5.26 Å². The van der Waals surface area contributed by atoms with E-state index < -0.39 is 11.0 Å². The molecule has 7 nitrogen and oxygen atoms in total. The minimum Gasteiger partial charge on any atom is -0.368 e. The summed E-state index contributed by atoms with van der Waals surface area (Å²) in [5.41, 5.74) is 0.992. The van der Waals surface area contributed by atoms with Crippen LogP contribution in [0.15, 0.2) is 42.6 Å². The van der Waals surface area contributed by atoms with Gasteiger partial charge in [0.2, 0.25) is 0 Å². The van der Waals surface area contributed by atoms with Gasteiger partial charge in [-0.25, -0.2) is 14.7 Å². The molecule has 1 aliphatic carbocycles. The SMILES string of the molecule is CC(C)Nc1cc(CN2C(=O)N(c3ccc(C4(C#N)CC4)cc3)C(=O)C2(C)C)ccn1. The first kappa shape index (κ1) is 20.9. The number of rotatable bonds is 6. The number of benzene rings is 1. The highest BCUT2D eigenvalue weighted by Gasteiger charge is 2.52. The first-order chi connectivity index (χ1) is 14.7. The molecular formula is C24H27N5O2. The van der Waals surface area contributed by atoms with Crippen LogP contribution in [0.4, 0.5) is 16.3 Å². The molecule has 1 saturated heterocycles. The first-order valence-corrected chi connectivity index (χ1v) is 10.6. The number of pyridine rings is 1. The fourth-order valence-electron chi connectivity index (χ4n) is 3.98. The second-order valence-corrected chi connectivity index (χ2v) is 9.16. The third-order valence-electron chi connectivity index (χ3n) is 6.07. The van der Waals surface area contributed by atoms with Gasteiger partial charge in [0.15, 0.2) is 0 Å². The van der Waals surface area contributed by atoms with Gasteiger partial charge in [-0.05, 0) is 75.9 Å². The number of imide groups is 1. The summed E-state index contributed by atoms with van der Waals surface area (Å²) < 4.78 is 0. The van der Waals surface area contributed by atoms with Crippen LogP contribution in [0.2, 0.25) is 0 Å². The molecule has 0 atom stereocenters. The lowest BCUT2D eigenvalue weighted by atomic mass is 9.97. The fourth-order valence-corrected chi connectivity index (χ4v) is 3.98. The molecule has 31 heavy (non-hydrogen) atoms. The van der Waals surface area contributed by atoms with Crippen molar-refractivity contribution in [3.8, 4) is 6.07 Å². The highest BCUT2D eigenvalue weighted by molar-refractivity contribution is 6.22. The van der Waals surface area contributed by atoms with Crippen molar-refractivity contribution < 1.29 is 9.59 Å². The monoisotopic (exact) mass is 417 g/mol. The molecule has 2 aromatic rings. The van der Waals surface area contributed by atoms with Crippen LogP contribution in [-0.2, 0) is 16.8 Å². The molecule has 0 unspecified atom stereocenters. The molecule has 2 aliphatic rings. The quantitative estimate of drug-likeness (QED) is 0.712. The van der Waals surface area contributed by atoms with E-state index in [0.717, 1.165) is 29.8 Å². The van der Waals surface area contributed by atoms with E-state index in [2.05, 4.69) is 16.4 Å². The van der Waals surface area contributed by atoms with Crippen molar-refractivity contribution in [2.75, 3.05) is 10.2 Å². The highest BCUT2D eigenvalue weighted by atomic mass is 16.2. The number of aromatic nitrogens is 1. The summed E-state index contributed by atoms with van der Waals surface area (Å²) in [6.45, 7) is 7.91. The second kappa shape index (κ2) is 7.38. The maximum Gasteiger partial charge on any atom is 0.332 e. The molecule has 1 aromatic heterocycles. The zero-order valence-electron chi connectivity index (χ0n) is 18.3. The minimum absolute atomic E-state index is 0.239. The number of nitrogens with one attached hydrogen (secondary N) is 1. The van der Waals surface area contributed by atoms with E-state index in [1.165, 1.54) is 4.90 Å². The Morgan fingerprint density at radius 2 is 1.84 bits per heavy atom. The number of hydrogen-bond donors (Lipinski definition) is 1. The zero-order chi connectivity index (χ0) is 22.4. The maximum absolute atomic E-state index is 13.3. The predicted molar refractivity (Wildman–Crippen MR) is 118 cm³/mol. The van der Waals surface area contributed by atoms with E-state index in [1.807, 2.05) is 38.1 Å². The topological polar surface area (TPSA) is 89.3 Å². The molecule has 2 heterocycles. The van der Waals surface area contributed by atoms with Gasteiger partial charge in [-0.15, -0.1) is 0 Å². The van der Waals surface area contributed by atoms with Crippen LogP contribution in [0, 0.1) is 11.3 Å². The van der Waals surface area contributed by atoms with Crippen LogP contribution in [0.3, 0.4) is 0 Å². The largest absolute Gasteiger partial charge is 0.368 e. The summed E-state index contributed by atoms with van der Waals surface area (Å²) in [6, 6.07) is 13.3. The Kier molecular flexibility index (Phi) is 4.97. The molecule has 1 aromatic carbocycles. The van der Waals surface area contributed by atoms with Crippen LogP contribution < -0.4 is 10.2 Å². The van der Waals surface area contributed by atoms with Crippen LogP contribution in [-0.4, -0.2) is 33.4 Å². The Bertz CT molecular complexity index is 1060. The van der Waals surface area contributed by atoms with E-state index in [9.17, 15) is 14.9 Å². The number of amides is 3. The molecule has 1 aliphatic heterocycles. The molecule has 0 bridgehead atoms. The Hall–Kier alpha value is -3.40. The molecule has 3 amide bonds. The highest BCUT2D eigenvalue weighted by Crippen LogP contribution is 2.48. The molecule has 1 N–H and O–H groups in total. The number of carbonyl (C=O) groups excluding carboxylic acids is 2. The molecule has 1 saturated carbocycles. The number of anilines is 2. The van der Waals surface area contributed by atoms with Gasteiger partial charge in [-0.1, -0.05) is 12.1 Å². The molecule has 7 heteroatoms. The van der Waals surface area contributed by atoms with E-state index in [1.54, 1.807) is 37.1 Å². The molecule has 160 valence electrons. The summed E-state index contributed by atoms with van der Waals surface area (Å²) in [4.78, 5) is 33.6. The van der Waals surface area contributed by atoms with E-state index in [-0.39, 0.29) is 18.0 Å². The number of hydrogen-bond acceptors (Lipinski definition) is 5. The Morgan fingerprint density at radius 1 is 1.16 bits per heavy atom. The first-order valence-electron chi connectivity index (χ1n) is 10.6. The lowest BCUT2D eigenvalue weighted by Gasteiger charge is -2.27. The number of nitriles is 1. The van der Waals surface area contributed by atoms with Gasteiger partial charge in [0, 0.05) is 18.8 Å². The van der Waals surface area contributed by atoms with E-state index in [0.29, 0.717) is 12.2 Å². The Balaban J connectivity index is 1.58. The molecular weight excluding hydrogens is 390 g/mol. The zero-order valence-corrected chi connectivity index (χ0v) is 18.3. The normalized spacial score (nSPS) is 19.0. The third-order valence-corrected chi connectivity index (χ3v) is 6.07. The summed E-state index contributed by atoms with van der Waals surface area (Å²) in [5, 5.41) is 12.7. The lowest BCUT2D eigenvalue weighted by Crippen LogP contribution is -2.43. The average Bonchev–Trinajstić information content (AvgIpc) is 3.50. The molecule has 0 spiro atoms. The van der Waals surface area contributed by atoms with Crippen LogP contribution in [0.5, 0.6) is 0 Å². The van der Waals surface area contributed by atoms with Gasteiger partial charge in [-0.3, -0.25) is 4.79 Å². The Morgan fingerprint density at radius 3 is 2.42 bits per heavy atom. The average molecular weight is 418 g/mol. The van der Waals surface area contributed by atoms with Crippen molar-refractivity contribution in [1.82, 2.24) is 9.88 Å². The lowest BCUT2D eigenvalue weighted by molar-refractivity contribution is -0.123. The summed E-state index contributed by atoms with van der Waals surface area (Å²) in [5.74, 6) is 0.475. The molecule has 4 rings (SSSR count). The number of urea groups is 1. The van der Waals surface area contributed by atoms with Gasteiger partial charge in [-0.2, -0.15) is 5.26 Å². The summed E-state index contributed by atoms with van der Waals surface area (Å²) in [7, 11) is 0. The predicted octanol–water partition coefficient (Wildman–Crippen LogP) is 4.20.